The van der Waals surface area contributed by atoms with Crippen LogP contribution in [0.15, 0.2) is 23.2 Å². The van der Waals surface area contributed by atoms with E-state index < -0.39 is 22.5 Å². The highest BCUT2D eigenvalue weighted by Crippen LogP contribution is 2.19. The molecule has 0 aliphatic carbocycles. The number of nitrogens with two attached hydrogens (primary N) is 2. The average molecular weight is 330 g/mol. The van der Waals surface area contributed by atoms with E-state index in [1.54, 1.807) is 0 Å². The molecule has 1 amide bonds. The second-order valence-electron chi connectivity index (χ2n) is 4.87. The first-order chi connectivity index (χ1) is 9.66. The number of thiocarbonyl (C=S) groups is 1. The van der Waals surface area contributed by atoms with Crippen molar-refractivity contribution >= 4 is 33.1 Å². The number of hydrogen-bond donors (Lipinski definition) is 2. The van der Waals surface area contributed by atoms with Gasteiger partial charge in [-0.15, -0.1) is 0 Å². The van der Waals surface area contributed by atoms with Gasteiger partial charge in [-0.1, -0.05) is 26.1 Å². The number of aromatic nitrogens is 1. The molecule has 1 aromatic heterocycles. The normalized spacial score (nSPS) is 11.8. The first-order valence-electron chi connectivity index (χ1n) is 6.19. The number of amides is 1. The largest absolute Gasteiger partial charge is 0.388 e. The van der Waals surface area contributed by atoms with Gasteiger partial charge >= 0.3 is 0 Å². The zero-order valence-corrected chi connectivity index (χ0v) is 13.4. The fourth-order valence-corrected chi connectivity index (χ4v) is 3.71. The first-order valence-corrected chi connectivity index (χ1v) is 8.04. The van der Waals surface area contributed by atoms with Gasteiger partial charge in [0.1, 0.15) is 15.6 Å². The van der Waals surface area contributed by atoms with Crippen LogP contribution in [0.25, 0.3) is 0 Å². The van der Waals surface area contributed by atoms with Crippen LogP contribution in [0.1, 0.15) is 19.5 Å². The molecule has 116 valence electrons. The van der Waals surface area contributed by atoms with E-state index in [4.69, 9.17) is 23.7 Å². The molecule has 1 rings (SSSR count). The molecule has 7 nitrogen and oxygen atoms in total. The van der Waals surface area contributed by atoms with E-state index in [0.29, 0.717) is 0 Å². The van der Waals surface area contributed by atoms with Gasteiger partial charge in [0.05, 0.1) is 6.54 Å². The maximum Gasteiger partial charge on any atom is 0.245 e. The zero-order chi connectivity index (χ0) is 16.2. The van der Waals surface area contributed by atoms with Crippen LogP contribution in [0.4, 0.5) is 0 Å². The van der Waals surface area contributed by atoms with E-state index in [2.05, 4.69) is 4.98 Å². The Morgan fingerprint density at radius 2 is 2.05 bits per heavy atom. The Bertz CT molecular complexity index is 644. The summed E-state index contributed by atoms with van der Waals surface area (Å²) in [4.78, 5) is 14.8. The van der Waals surface area contributed by atoms with E-state index in [-0.39, 0.29) is 28.0 Å². The van der Waals surface area contributed by atoms with Crippen molar-refractivity contribution in [2.45, 2.75) is 18.7 Å². The third-order valence-electron chi connectivity index (χ3n) is 2.52. The molecule has 0 atom stereocenters. The molecule has 0 unspecified atom stereocenters. The van der Waals surface area contributed by atoms with Crippen molar-refractivity contribution in [3.63, 3.8) is 0 Å². The second kappa shape index (κ2) is 6.92. The molecule has 0 aliphatic rings. The monoisotopic (exact) mass is 330 g/mol. The van der Waals surface area contributed by atoms with Crippen molar-refractivity contribution in [2.24, 2.45) is 17.4 Å². The molecule has 1 aromatic rings. The predicted octanol–water partition coefficient (Wildman–Crippen LogP) is -0.152. The lowest BCUT2D eigenvalue weighted by atomic mass is 10.2. The Labute approximate surface area is 129 Å². The van der Waals surface area contributed by atoms with E-state index >= 15 is 0 Å². The summed E-state index contributed by atoms with van der Waals surface area (Å²) in [5.74, 6) is -0.718. The lowest BCUT2D eigenvalue weighted by Crippen LogP contribution is -2.41. The summed E-state index contributed by atoms with van der Waals surface area (Å²) >= 11 is 4.82. The average Bonchev–Trinajstić information content (AvgIpc) is 2.36. The number of primary amides is 1. The Hall–Kier alpha value is -1.58. The van der Waals surface area contributed by atoms with Crippen molar-refractivity contribution in [1.29, 1.82) is 0 Å². The molecule has 0 aliphatic heterocycles. The summed E-state index contributed by atoms with van der Waals surface area (Å²) in [5, 5.41) is 0. The van der Waals surface area contributed by atoms with Crippen molar-refractivity contribution < 1.29 is 13.2 Å². The molecule has 1 heterocycles. The molecule has 21 heavy (non-hydrogen) atoms. The van der Waals surface area contributed by atoms with Crippen LogP contribution < -0.4 is 11.5 Å². The zero-order valence-electron chi connectivity index (χ0n) is 11.8. The maximum absolute atomic E-state index is 12.7. The number of rotatable bonds is 7. The van der Waals surface area contributed by atoms with Gasteiger partial charge in [0.15, 0.2) is 0 Å². The summed E-state index contributed by atoms with van der Waals surface area (Å²) in [6, 6.07) is 2.82. The van der Waals surface area contributed by atoms with Crippen LogP contribution in [-0.4, -0.2) is 41.7 Å². The molecule has 0 fully saturated rings. The number of carbonyl (C=O) groups is 1. The molecular formula is C12H18N4O3S2. The Morgan fingerprint density at radius 1 is 1.43 bits per heavy atom. The molecule has 0 saturated carbocycles. The summed E-state index contributed by atoms with van der Waals surface area (Å²) < 4.78 is 26.4. The number of nitrogens with zero attached hydrogens (tertiary/aromatic N) is 2. The molecule has 4 N–H and O–H groups in total. The fourth-order valence-electron chi connectivity index (χ4n) is 1.75. The Balaban J connectivity index is 3.35. The molecule has 9 heteroatoms. The molecule has 0 radical (unpaired) electrons. The third kappa shape index (κ3) is 4.45. The van der Waals surface area contributed by atoms with Crippen molar-refractivity contribution in [1.82, 2.24) is 9.29 Å². The van der Waals surface area contributed by atoms with Gasteiger partial charge in [0, 0.05) is 12.7 Å². The topological polar surface area (TPSA) is 119 Å². The highest BCUT2D eigenvalue weighted by Gasteiger charge is 2.29. The van der Waals surface area contributed by atoms with E-state index in [0.717, 1.165) is 4.31 Å². The van der Waals surface area contributed by atoms with Crippen LogP contribution in [-0.2, 0) is 14.8 Å². The quantitative estimate of drug-likeness (QED) is 0.671. The Morgan fingerprint density at radius 3 is 2.52 bits per heavy atom. The van der Waals surface area contributed by atoms with Crippen molar-refractivity contribution in [2.75, 3.05) is 13.1 Å². The standard InChI is InChI=1S/C12H18N4O3S2/c1-8(2)6-16(7-10(13)17)21(18,19)9-4-3-5-15-11(9)12(14)20/h3-5,8H,6-7H2,1-2H3,(H2,13,17)(H2,14,20). The second-order valence-corrected chi connectivity index (χ2v) is 7.22. The highest BCUT2D eigenvalue weighted by molar-refractivity contribution is 7.89. The fraction of sp³-hybridized carbons (Fsp3) is 0.417. The highest BCUT2D eigenvalue weighted by atomic mass is 32.2. The van der Waals surface area contributed by atoms with Crippen LogP contribution in [0.3, 0.4) is 0 Å². The minimum Gasteiger partial charge on any atom is -0.388 e. The number of hydrogen-bond acceptors (Lipinski definition) is 5. The van der Waals surface area contributed by atoms with Crippen LogP contribution >= 0.6 is 12.2 Å². The predicted molar refractivity (Wildman–Crippen MR) is 82.9 cm³/mol. The van der Waals surface area contributed by atoms with E-state index in [9.17, 15) is 13.2 Å². The van der Waals surface area contributed by atoms with Gasteiger partial charge in [-0.25, -0.2) is 8.42 Å². The number of carbonyl (C=O) groups excluding carboxylic acids is 1. The number of pyridine rings is 1. The minimum atomic E-state index is -3.96. The minimum absolute atomic E-state index is 0.00530. The smallest absolute Gasteiger partial charge is 0.245 e. The first kappa shape index (κ1) is 17.5. The molecular weight excluding hydrogens is 312 g/mol. The third-order valence-corrected chi connectivity index (χ3v) is 4.56. The van der Waals surface area contributed by atoms with Crippen LogP contribution in [0.5, 0.6) is 0 Å². The number of sulfonamides is 1. The van der Waals surface area contributed by atoms with Gasteiger partial charge in [0.2, 0.25) is 15.9 Å². The molecule has 0 saturated heterocycles. The Kier molecular flexibility index (Phi) is 5.76. The van der Waals surface area contributed by atoms with Gasteiger partial charge in [-0.3, -0.25) is 9.78 Å². The SMILES string of the molecule is CC(C)CN(CC(N)=O)S(=O)(=O)c1cccnc1C(N)=S. The van der Waals surface area contributed by atoms with E-state index in [1.165, 1.54) is 18.3 Å². The summed E-state index contributed by atoms with van der Waals surface area (Å²) in [6.45, 7) is 3.41. The lowest BCUT2D eigenvalue weighted by Gasteiger charge is -2.23. The van der Waals surface area contributed by atoms with Gasteiger partial charge in [-0.05, 0) is 18.1 Å². The molecule has 0 aromatic carbocycles. The van der Waals surface area contributed by atoms with Crippen molar-refractivity contribution in [3.8, 4) is 0 Å². The van der Waals surface area contributed by atoms with Crippen LogP contribution in [0, 0.1) is 5.92 Å². The van der Waals surface area contributed by atoms with E-state index in [1.807, 2.05) is 13.8 Å². The summed E-state index contributed by atoms with van der Waals surface area (Å²) in [7, 11) is -3.96. The van der Waals surface area contributed by atoms with Crippen LogP contribution in [0.2, 0.25) is 0 Å². The summed E-state index contributed by atoms with van der Waals surface area (Å²) in [5.41, 5.74) is 10.6. The molecule has 0 spiro atoms. The van der Waals surface area contributed by atoms with Gasteiger partial charge in [-0.2, -0.15) is 4.31 Å². The van der Waals surface area contributed by atoms with Gasteiger partial charge < -0.3 is 11.5 Å². The maximum atomic E-state index is 12.7. The summed E-state index contributed by atoms with van der Waals surface area (Å²) in [6.07, 6.45) is 1.40. The van der Waals surface area contributed by atoms with Gasteiger partial charge in [0.25, 0.3) is 0 Å². The molecule has 0 bridgehead atoms. The van der Waals surface area contributed by atoms with Crippen molar-refractivity contribution in [3.05, 3.63) is 24.0 Å². The lowest BCUT2D eigenvalue weighted by molar-refractivity contribution is -0.118.